The van der Waals surface area contributed by atoms with E-state index >= 15 is 0 Å². The molecule has 1 atom stereocenters. The summed E-state index contributed by atoms with van der Waals surface area (Å²) in [5.74, 6) is -0.498. The lowest BCUT2D eigenvalue weighted by molar-refractivity contribution is -0.266. The first-order valence-electron chi connectivity index (χ1n) is 9.04. The molecular weight excluding hydrogens is 449 g/mol. The van der Waals surface area contributed by atoms with Crippen LogP contribution in [0.2, 0.25) is 0 Å². The molecule has 1 unspecified atom stereocenters. The summed E-state index contributed by atoms with van der Waals surface area (Å²) in [7, 11) is 1.29. The lowest BCUT2D eigenvalue weighted by Gasteiger charge is -2.38. The summed E-state index contributed by atoms with van der Waals surface area (Å²) in [5, 5.41) is 10.6. The first-order chi connectivity index (χ1) is 14.1. The van der Waals surface area contributed by atoms with Gasteiger partial charge in [-0.15, -0.1) is 0 Å². The van der Waals surface area contributed by atoms with Gasteiger partial charge in [0.25, 0.3) is 0 Å². The number of hydrogen-bond donors (Lipinski definition) is 1. The summed E-state index contributed by atoms with van der Waals surface area (Å²) in [4.78, 5) is -0.184. The van der Waals surface area contributed by atoms with E-state index in [4.69, 9.17) is 4.74 Å². The number of halogens is 7. The molecule has 2 nitrogen and oxygen atoms in total. The fourth-order valence-corrected chi connectivity index (χ4v) is 3.98. The van der Waals surface area contributed by atoms with Crippen LogP contribution in [0, 0.1) is 5.82 Å². The number of rotatable bonds is 7. The van der Waals surface area contributed by atoms with Crippen LogP contribution in [0.25, 0.3) is 0 Å². The fraction of sp³-hybridized carbons (Fsp3) is 0.429. The predicted molar refractivity (Wildman–Crippen MR) is 104 cm³/mol. The predicted octanol–water partition coefficient (Wildman–Crippen LogP) is 6.65. The Morgan fingerprint density at radius 2 is 1.52 bits per heavy atom. The van der Waals surface area contributed by atoms with E-state index in [-0.39, 0.29) is 33.5 Å². The molecule has 0 radical (unpaired) electrons. The third-order valence-corrected chi connectivity index (χ3v) is 5.55. The van der Waals surface area contributed by atoms with E-state index in [1.165, 1.54) is 27.0 Å². The molecule has 2 aromatic rings. The number of alkyl halides is 6. The molecule has 172 valence electrons. The van der Waals surface area contributed by atoms with Gasteiger partial charge in [0.2, 0.25) is 0 Å². The van der Waals surface area contributed by atoms with Crippen molar-refractivity contribution in [3.05, 3.63) is 59.4 Å². The highest BCUT2D eigenvalue weighted by Crippen LogP contribution is 2.45. The maximum absolute atomic E-state index is 13.9. The minimum Gasteiger partial charge on any atom is -0.496 e. The Kier molecular flexibility index (Phi) is 7.27. The van der Waals surface area contributed by atoms with Gasteiger partial charge in [0.05, 0.1) is 7.11 Å². The highest BCUT2D eigenvalue weighted by molar-refractivity contribution is 8.00. The molecule has 0 aromatic heterocycles. The molecule has 0 aliphatic carbocycles. The van der Waals surface area contributed by atoms with Gasteiger partial charge in [-0.1, -0.05) is 26.0 Å². The van der Waals surface area contributed by atoms with Crippen molar-refractivity contribution in [1.29, 1.82) is 0 Å². The van der Waals surface area contributed by atoms with Gasteiger partial charge in [0.15, 0.2) is 5.60 Å². The van der Waals surface area contributed by atoms with Crippen molar-refractivity contribution in [3.63, 3.8) is 0 Å². The average molecular weight is 470 g/mol. The molecule has 0 spiro atoms. The van der Waals surface area contributed by atoms with Crippen LogP contribution in [0.4, 0.5) is 30.7 Å². The molecule has 10 heteroatoms. The number of aliphatic hydroxyl groups is 1. The van der Waals surface area contributed by atoms with Crippen molar-refractivity contribution in [1.82, 2.24) is 0 Å². The van der Waals surface area contributed by atoms with Crippen LogP contribution in [0.3, 0.4) is 0 Å². The molecule has 0 saturated carbocycles. The third kappa shape index (κ3) is 6.52. The van der Waals surface area contributed by atoms with Crippen molar-refractivity contribution in [2.24, 2.45) is 0 Å². The Bertz CT molecular complexity index is 892. The molecule has 1 N–H and O–H groups in total. The van der Waals surface area contributed by atoms with E-state index < -0.39 is 41.4 Å². The summed E-state index contributed by atoms with van der Waals surface area (Å²) < 4.78 is 97.9. The smallest absolute Gasteiger partial charge is 0.446 e. The summed E-state index contributed by atoms with van der Waals surface area (Å²) >= 11 is -0.388. The summed E-state index contributed by atoms with van der Waals surface area (Å²) in [6.07, 6.45) is -6.76. The molecule has 0 bridgehead atoms. The van der Waals surface area contributed by atoms with E-state index in [0.29, 0.717) is 0 Å². The van der Waals surface area contributed by atoms with Crippen LogP contribution in [-0.4, -0.2) is 29.5 Å². The van der Waals surface area contributed by atoms with Gasteiger partial charge in [-0.25, -0.2) is 4.39 Å². The van der Waals surface area contributed by atoms with Crippen LogP contribution >= 0.6 is 11.8 Å². The topological polar surface area (TPSA) is 29.5 Å². The molecule has 0 aliphatic heterocycles. The van der Waals surface area contributed by atoms with Crippen molar-refractivity contribution in [2.75, 3.05) is 7.11 Å². The van der Waals surface area contributed by atoms with Gasteiger partial charge in [-0.2, -0.15) is 26.3 Å². The number of methoxy groups -OCH3 is 1. The lowest BCUT2D eigenvalue weighted by atomic mass is 9.72. The van der Waals surface area contributed by atoms with Gasteiger partial charge in [-0.05, 0) is 59.5 Å². The fourth-order valence-electron chi connectivity index (χ4n) is 3.45. The molecule has 0 aliphatic rings. The molecule has 0 fully saturated rings. The van der Waals surface area contributed by atoms with Gasteiger partial charge in [0.1, 0.15) is 11.6 Å². The van der Waals surface area contributed by atoms with Crippen molar-refractivity contribution in [2.45, 2.75) is 54.3 Å². The van der Waals surface area contributed by atoms with E-state index in [2.05, 4.69) is 0 Å². The monoisotopic (exact) mass is 470 g/mol. The summed E-state index contributed by atoms with van der Waals surface area (Å²) in [5.41, 5.74) is -8.94. The van der Waals surface area contributed by atoms with Crippen LogP contribution in [0.1, 0.15) is 31.4 Å². The minimum atomic E-state index is -5.05. The summed E-state index contributed by atoms with van der Waals surface area (Å²) in [6, 6.07) is 7.76. The first-order valence-corrected chi connectivity index (χ1v) is 9.86. The number of hydrogen-bond acceptors (Lipinski definition) is 3. The zero-order valence-corrected chi connectivity index (χ0v) is 17.7. The van der Waals surface area contributed by atoms with Crippen LogP contribution in [-0.2, 0) is 11.8 Å². The van der Waals surface area contributed by atoms with Crippen LogP contribution < -0.4 is 4.74 Å². The second kappa shape index (κ2) is 8.90. The first kappa shape index (κ1) is 25.3. The van der Waals surface area contributed by atoms with Crippen molar-refractivity contribution in [3.8, 4) is 5.75 Å². The Labute approximate surface area is 179 Å². The highest BCUT2D eigenvalue weighted by atomic mass is 32.2. The molecule has 2 aromatic carbocycles. The Morgan fingerprint density at radius 3 is 2.00 bits per heavy atom. The third-order valence-electron chi connectivity index (χ3n) is 4.81. The van der Waals surface area contributed by atoms with E-state index in [1.54, 1.807) is 0 Å². The zero-order valence-electron chi connectivity index (χ0n) is 16.9. The molecule has 2 rings (SSSR count). The normalized spacial score (nSPS) is 14.9. The molecular formula is C21H21F7O2S. The highest BCUT2D eigenvalue weighted by Gasteiger charge is 2.56. The molecule has 0 saturated heterocycles. The SMILES string of the molecule is COc1ccc(F)cc1C(C)(C)CC(O)(Cc1ccc(SC(F)(F)F)cc1)C(F)(F)F. The largest absolute Gasteiger partial charge is 0.496 e. The quantitative estimate of drug-likeness (QED) is 0.363. The van der Waals surface area contributed by atoms with Crippen molar-refractivity contribution >= 4 is 11.8 Å². The second-order valence-corrected chi connectivity index (χ2v) is 8.94. The summed E-state index contributed by atoms with van der Waals surface area (Å²) in [6.45, 7) is 2.84. The minimum absolute atomic E-state index is 0.00774. The van der Waals surface area contributed by atoms with Crippen molar-refractivity contribution < 1.29 is 40.6 Å². The van der Waals surface area contributed by atoms with Gasteiger partial charge in [-0.3, -0.25) is 0 Å². The average Bonchev–Trinajstić information content (AvgIpc) is 2.61. The number of benzene rings is 2. The molecule has 31 heavy (non-hydrogen) atoms. The Hall–Kier alpha value is -1.94. The van der Waals surface area contributed by atoms with Gasteiger partial charge in [0, 0.05) is 16.9 Å². The molecule has 0 amide bonds. The maximum Gasteiger partial charge on any atom is 0.446 e. The standard InChI is InChI=1S/C21H21F7O2S/c1-18(2,16-10-14(22)6-9-17(16)30-3)12-19(29,20(23,24)25)11-13-4-7-15(8-5-13)31-21(26,27)28/h4-10,29H,11-12H2,1-3H3. The van der Waals surface area contributed by atoms with Crippen LogP contribution in [0.15, 0.2) is 47.4 Å². The Morgan fingerprint density at radius 1 is 0.935 bits per heavy atom. The number of ether oxygens (including phenoxy) is 1. The lowest BCUT2D eigenvalue weighted by Crippen LogP contribution is -2.50. The van der Waals surface area contributed by atoms with E-state index in [9.17, 15) is 35.8 Å². The Balaban J connectivity index is 2.36. The maximum atomic E-state index is 13.9. The van der Waals surface area contributed by atoms with E-state index in [1.807, 2.05) is 0 Å². The molecule has 0 heterocycles. The van der Waals surface area contributed by atoms with Gasteiger partial charge >= 0.3 is 11.7 Å². The van der Waals surface area contributed by atoms with Gasteiger partial charge < -0.3 is 9.84 Å². The second-order valence-electron chi connectivity index (χ2n) is 7.80. The number of thioether (sulfide) groups is 1. The van der Waals surface area contributed by atoms with Crippen LogP contribution in [0.5, 0.6) is 5.75 Å². The zero-order chi connectivity index (χ0) is 23.7. The van der Waals surface area contributed by atoms with E-state index in [0.717, 1.165) is 36.4 Å².